The highest BCUT2D eigenvalue weighted by Gasteiger charge is 2.35. The number of hydrogen-bond acceptors (Lipinski definition) is 3. The maximum absolute atomic E-state index is 13.5. The molecule has 1 atom stereocenters. The van der Waals surface area contributed by atoms with Crippen LogP contribution >= 0.6 is 0 Å². The SMILES string of the molecule is CC(/C=N\CO)c1ccc(N2CCCCCC2)c(C(F)(F)F)c1. The van der Waals surface area contributed by atoms with E-state index < -0.39 is 11.7 Å². The van der Waals surface area contributed by atoms with E-state index in [1.54, 1.807) is 19.1 Å². The van der Waals surface area contributed by atoms with Crippen LogP contribution in [0.4, 0.5) is 18.9 Å². The summed E-state index contributed by atoms with van der Waals surface area (Å²) >= 11 is 0. The van der Waals surface area contributed by atoms with Crippen molar-refractivity contribution in [3.63, 3.8) is 0 Å². The summed E-state index contributed by atoms with van der Waals surface area (Å²) in [7, 11) is 0. The van der Waals surface area contributed by atoms with Gasteiger partial charge >= 0.3 is 6.18 Å². The zero-order chi connectivity index (χ0) is 16.9. The molecule has 0 bridgehead atoms. The van der Waals surface area contributed by atoms with Crippen LogP contribution in [0.15, 0.2) is 23.2 Å². The van der Waals surface area contributed by atoms with Crippen molar-refractivity contribution in [2.24, 2.45) is 4.99 Å². The normalized spacial score (nSPS) is 18.2. The van der Waals surface area contributed by atoms with E-state index in [0.717, 1.165) is 25.7 Å². The molecule has 6 heteroatoms. The number of halogens is 3. The van der Waals surface area contributed by atoms with Crippen molar-refractivity contribution < 1.29 is 18.3 Å². The maximum atomic E-state index is 13.5. The molecular weight excluding hydrogens is 305 g/mol. The first-order chi connectivity index (χ1) is 10.9. The minimum absolute atomic E-state index is 0.273. The minimum atomic E-state index is -4.38. The predicted molar refractivity (Wildman–Crippen MR) is 86.1 cm³/mol. The molecule has 0 aromatic heterocycles. The van der Waals surface area contributed by atoms with E-state index in [2.05, 4.69) is 4.99 Å². The summed E-state index contributed by atoms with van der Waals surface area (Å²) in [5, 5.41) is 8.70. The third kappa shape index (κ3) is 4.70. The van der Waals surface area contributed by atoms with Crippen molar-refractivity contribution in [2.75, 3.05) is 24.7 Å². The second kappa shape index (κ2) is 7.81. The second-order valence-electron chi connectivity index (χ2n) is 5.94. The second-order valence-corrected chi connectivity index (χ2v) is 5.94. The number of aliphatic imine (C=N–C) groups is 1. The van der Waals surface area contributed by atoms with Gasteiger partial charge in [0.2, 0.25) is 0 Å². The molecule has 1 aliphatic heterocycles. The van der Waals surface area contributed by atoms with E-state index in [-0.39, 0.29) is 18.3 Å². The van der Waals surface area contributed by atoms with E-state index in [1.807, 2.05) is 4.90 Å². The van der Waals surface area contributed by atoms with E-state index >= 15 is 0 Å². The number of rotatable bonds is 4. The van der Waals surface area contributed by atoms with Crippen LogP contribution in [0.2, 0.25) is 0 Å². The van der Waals surface area contributed by atoms with Crippen LogP contribution in [0, 0.1) is 0 Å². The van der Waals surface area contributed by atoms with Gasteiger partial charge in [0.05, 0.1) is 5.56 Å². The van der Waals surface area contributed by atoms with Crippen LogP contribution in [-0.2, 0) is 6.18 Å². The number of hydrogen-bond donors (Lipinski definition) is 1. The molecule has 1 aromatic carbocycles. The third-order valence-electron chi connectivity index (χ3n) is 4.21. The number of nitrogens with zero attached hydrogens (tertiary/aromatic N) is 2. The summed E-state index contributed by atoms with van der Waals surface area (Å²) < 4.78 is 40.5. The maximum Gasteiger partial charge on any atom is 0.418 e. The lowest BCUT2D eigenvalue weighted by atomic mass is 9.98. The van der Waals surface area contributed by atoms with E-state index in [1.165, 1.54) is 12.3 Å². The fourth-order valence-electron chi connectivity index (χ4n) is 2.94. The van der Waals surface area contributed by atoms with Gasteiger partial charge in [-0.05, 0) is 30.5 Å². The lowest BCUT2D eigenvalue weighted by Crippen LogP contribution is -2.27. The van der Waals surface area contributed by atoms with Gasteiger partial charge in [-0.1, -0.05) is 25.8 Å². The quantitative estimate of drug-likeness (QED) is 0.841. The predicted octanol–water partition coefficient (Wildman–Crippen LogP) is 4.21. The van der Waals surface area contributed by atoms with Gasteiger partial charge in [0, 0.05) is 30.9 Å². The van der Waals surface area contributed by atoms with Gasteiger partial charge in [0.25, 0.3) is 0 Å². The zero-order valence-electron chi connectivity index (χ0n) is 13.3. The van der Waals surface area contributed by atoms with Crippen molar-refractivity contribution in [2.45, 2.75) is 44.7 Å². The van der Waals surface area contributed by atoms with E-state index in [9.17, 15) is 13.2 Å². The Morgan fingerprint density at radius 2 is 1.87 bits per heavy atom. The molecule has 0 radical (unpaired) electrons. The number of aliphatic hydroxyl groups is 1. The van der Waals surface area contributed by atoms with Crippen molar-refractivity contribution in [1.82, 2.24) is 0 Å². The Morgan fingerprint density at radius 1 is 1.22 bits per heavy atom. The Balaban J connectivity index is 2.36. The fraction of sp³-hybridized carbons (Fsp3) is 0.588. The molecule has 1 aliphatic rings. The van der Waals surface area contributed by atoms with E-state index in [4.69, 9.17) is 5.11 Å². The van der Waals surface area contributed by atoms with Crippen LogP contribution in [-0.4, -0.2) is 31.1 Å². The molecule has 1 saturated heterocycles. The van der Waals surface area contributed by atoms with E-state index in [0.29, 0.717) is 18.7 Å². The number of aliphatic hydroxyl groups excluding tert-OH is 1. The molecule has 0 spiro atoms. The minimum Gasteiger partial charge on any atom is -0.375 e. The fourth-order valence-corrected chi connectivity index (χ4v) is 2.94. The van der Waals surface area contributed by atoms with Crippen LogP contribution < -0.4 is 4.90 Å². The third-order valence-corrected chi connectivity index (χ3v) is 4.21. The summed E-state index contributed by atoms with van der Waals surface area (Å²) in [6.45, 7) is 2.75. The lowest BCUT2D eigenvalue weighted by Gasteiger charge is -2.27. The first-order valence-corrected chi connectivity index (χ1v) is 8.00. The number of anilines is 1. The van der Waals surface area contributed by atoms with Gasteiger partial charge in [-0.2, -0.15) is 13.2 Å². The van der Waals surface area contributed by atoms with Crippen LogP contribution in [0.25, 0.3) is 0 Å². The van der Waals surface area contributed by atoms with Crippen molar-refractivity contribution in [3.8, 4) is 0 Å². The van der Waals surface area contributed by atoms with Crippen LogP contribution in [0.3, 0.4) is 0 Å². The number of alkyl halides is 3. The van der Waals surface area contributed by atoms with Crippen molar-refractivity contribution >= 4 is 11.9 Å². The standard InChI is InChI=1S/C17H23F3N2O/c1-13(11-21-12-23)14-6-7-16(15(10-14)17(18,19)20)22-8-4-2-3-5-9-22/h6-7,10-11,13,23H,2-5,8-9,12H2,1H3/b21-11-. The smallest absolute Gasteiger partial charge is 0.375 e. The van der Waals surface area contributed by atoms with Crippen LogP contribution in [0.5, 0.6) is 0 Å². The van der Waals surface area contributed by atoms with Crippen molar-refractivity contribution in [1.29, 1.82) is 0 Å². The summed E-state index contributed by atoms with van der Waals surface area (Å²) in [5.74, 6) is -0.276. The zero-order valence-corrected chi connectivity index (χ0v) is 13.3. The molecule has 0 aliphatic carbocycles. The van der Waals surface area contributed by atoms with Gasteiger partial charge in [-0.3, -0.25) is 4.99 Å². The average molecular weight is 328 g/mol. The molecule has 0 saturated carbocycles. The Morgan fingerprint density at radius 3 is 2.43 bits per heavy atom. The van der Waals surface area contributed by atoms with Gasteiger partial charge in [-0.25, -0.2) is 0 Å². The Labute approximate surface area is 134 Å². The molecule has 1 aromatic rings. The Kier molecular flexibility index (Phi) is 6.04. The summed E-state index contributed by atoms with van der Waals surface area (Å²) in [6, 6.07) is 4.52. The molecular formula is C17H23F3N2O. The number of benzene rings is 1. The summed E-state index contributed by atoms with van der Waals surface area (Å²) in [4.78, 5) is 5.56. The molecule has 1 unspecified atom stereocenters. The molecule has 1 fully saturated rings. The Hall–Kier alpha value is -1.56. The molecule has 1 heterocycles. The molecule has 1 N–H and O–H groups in total. The molecule has 23 heavy (non-hydrogen) atoms. The summed E-state index contributed by atoms with van der Waals surface area (Å²) in [6.07, 6.45) is 1.10. The van der Waals surface area contributed by atoms with Gasteiger partial charge in [0.1, 0.15) is 6.73 Å². The summed E-state index contributed by atoms with van der Waals surface area (Å²) in [5.41, 5.74) is 0.240. The van der Waals surface area contributed by atoms with Gasteiger partial charge in [0.15, 0.2) is 0 Å². The first kappa shape index (κ1) is 17.8. The van der Waals surface area contributed by atoms with Crippen LogP contribution in [0.1, 0.15) is 49.7 Å². The largest absolute Gasteiger partial charge is 0.418 e. The topological polar surface area (TPSA) is 35.8 Å². The first-order valence-electron chi connectivity index (χ1n) is 8.00. The molecule has 0 amide bonds. The highest BCUT2D eigenvalue weighted by atomic mass is 19.4. The molecule has 2 rings (SSSR count). The molecule has 3 nitrogen and oxygen atoms in total. The van der Waals surface area contributed by atoms with Gasteiger partial charge in [-0.15, -0.1) is 0 Å². The Bertz CT molecular complexity index is 535. The van der Waals surface area contributed by atoms with Gasteiger partial charge < -0.3 is 10.0 Å². The monoisotopic (exact) mass is 328 g/mol. The highest BCUT2D eigenvalue weighted by Crippen LogP contribution is 2.39. The average Bonchev–Trinajstić information content (AvgIpc) is 2.80. The van der Waals surface area contributed by atoms with Crippen molar-refractivity contribution in [3.05, 3.63) is 29.3 Å². The molecule has 128 valence electrons. The highest BCUT2D eigenvalue weighted by molar-refractivity contribution is 5.69. The lowest BCUT2D eigenvalue weighted by molar-refractivity contribution is -0.137.